The predicted molar refractivity (Wildman–Crippen MR) is 262 cm³/mol. The number of aromatic amines is 3. The highest BCUT2D eigenvalue weighted by Gasteiger charge is 2.15. The number of fused-ring (bicyclic) bond motifs is 3. The number of halogens is 2. The van der Waals surface area contributed by atoms with Crippen LogP contribution in [0.1, 0.15) is 0 Å². The fourth-order valence-electron chi connectivity index (χ4n) is 7.04. The van der Waals surface area contributed by atoms with Gasteiger partial charge in [-0.25, -0.2) is 14.4 Å². The Hall–Kier alpha value is -7.39. The van der Waals surface area contributed by atoms with Crippen LogP contribution in [0, 0.1) is 17.3 Å². The van der Waals surface area contributed by atoms with Gasteiger partial charge < -0.3 is 46.9 Å². The van der Waals surface area contributed by atoms with Crippen LogP contribution in [0.4, 0.5) is 54.2 Å². The molecule has 17 heteroatoms. The lowest BCUT2D eigenvalue weighted by atomic mass is 10.0. The number of nitrogens with zero attached hydrogens (tertiary/aromatic N) is 1. The number of urea groups is 3. The third-order valence-electron chi connectivity index (χ3n) is 10.0. The number of nitro benzene ring substituents is 1. The highest BCUT2D eigenvalue weighted by atomic mass is 127. The van der Waals surface area contributed by atoms with E-state index in [9.17, 15) is 24.5 Å². The summed E-state index contributed by atoms with van der Waals surface area (Å²) in [6.07, 6.45) is 3.63. The van der Waals surface area contributed by atoms with Crippen LogP contribution in [-0.2, 0) is 0 Å². The summed E-state index contributed by atoms with van der Waals surface area (Å²) in [6, 6.07) is 36.7. The average Bonchev–Trinajstić information content (AvgIpc) is 4.03. The molecule has 0 fully saturated rings. The molecule has 9 rings (SSSR count). The highest BCUT2D eigenvalue weighted by molar-refractivity contribution is 14.1. The van der Waals surface area contributed by atoms with Crippen molar-refractivity contribution in [3.05, 3.63) is 157 Å². The third-order valence-corrected chi connectivity index (χ3v) is 11.9. The van der Waals surface area contributed by atoms with Gasteiger partial charge in [0.15, 0.2) is 0 Å². The zero-order valence-electron chi connectivity index (χ0n) is 32.0. The number of benzene rings is 6. The van der Waals surface area contributed by atoms with E-state index in [2.05, 4.69) is 92.0 Å². The molecule has 0 aliphatic heterocycles. The molecule has 9 aromatic rings. The van der Waals surface area contributed by atoms with Crippen LogP contribution < -0.4 is 31.9 Å². The first kappa shape index (κ1) is 40.0. The molecule has 0 atom stereocenters. The van der Waals surface area contributed by atoms with E-state index in [0.29, 0.717) is 34.1 Å². The Morgan fingerprint density at radius 2 is 1.05 bits per heavy atom. The molecule has 15 nitrogen and oxygen atoms in total. The second-order valence-corrected chi connectivity index (χ2v) is 16.5. The minimum atomic E-state index is -0.519. The summed E-state index contributed by atoms with van der Waals surface area (Å²) >= 11 is 4.36. The first-order valence-electron chi connectivity index (χ1n) is 18.9. The van der Waals surface area contributed by atoms with Crippen LogP contribution in [0.3, 0.4) is 0 Å². The normalized spacial score (nSPS) is 11.1. The molecule has 0 radical (unpaired) electrons. The largest absolute Gasteiger partial charge is 0.361 e. The van der Waals surface area contributed by atoms with Crippen molar-refractivity contribution < 1.29 is 19.3 Å². The van der Waals surface area contributed by atoms with Crippen LogP contribution in [0.5, 0.6) is 0 Å². The lowest BCUT2D eigenvalue weighted by molar-refractivity contribution is -0.384. The molecule has 0 saturated heterocycles. The highest BCUT2D eigenvalue weighted by Crippen LogP contribution is 2.34. The molecule has 3 heterocycles. The number of H-pyrrole nitrogens is 3. The summed E-state index contributed by atoms with van der Waals surface area (Å²) in [5.74, 6) is 0. The van der Waals surface area contributed by atoms with Crippen LogP contribution in [0.15, 0.2) is 140 Å². The number of aromatic nitrogens is 3. The maximum Gasteiger partial charge on any atom is 0.323 e. The number of carbonyl (C=O) groups is 3. The number of non-ortho nitro benzene ring substituents is 1. The van der Waals surface area contributed by atoms with Crippen LogP contribution in [0.2, 0.25) is 0 Å². The molecule has 0 saturated carbocycles. The molecule has 306 valence electrons. The summed E-state index contributed by atoms with van der Waals surface area (Å²) in [7, 11) is 0. The van der Waals surface area contributed by atoms with Gasteiger partial charge in [-0.05, 0) is 153 Å². The second kappa shape index (κ2) is 16.9. The Kier molecular flexibility index (Phi) is 10.9. The number of amides is 6. The van der Waals surface area contributed by atoms with Gasteiger partial charge in [-0.3, -0.25) is 10.1 Å². The number of rotatable bonds is 9. The van der Waals surface area contributed by atoms with E-state index >= 15 is 0 Å². The van der Waals surface area contributed by atoms with E-state index in [-0.39, 0.29) is 11.7 Å². The Bertz CT molecular complexity index is 3230. The maximum atomic E-state index is 13.4. The Balaban J connectivity index is 0.870. The number of anilines is 6. The monoisotopic (exact) mass is 1050 g/mol. The van der Waals surface area contributed by atoms with E-state index in [0.717, 1.165) is 62.2 Å². The molecule has 0 bridgehead atoms. The van der Waals surface area contributed by atoms with Gasteiger partial charge >= 0.3 is 18.1 Å². The first-order chi connectivity index (χ1) is 30.0. The summed E-state index contributed by atoms with van der Waals surface area (Å²) < 4.78 is 1.69. The minimum absolute atomic E-state index is 0.0793. The van der Waals surface area contributed by atoms with E-state index < -0.39 is 17.0 Å². The van der Waals surface area contributed by atoms with Crippen molar-refractivity contribution in [1.82, 2.24) is 15.0 Å². The second-order valence-electron chi connectivity index (χ2n) is 14.2. The lowest BCUT2D eigenvalue weighted by Crippen LogP contribution is -2.20. The molecule has 0 aliphatic rings. The SMILES string of the molecule is O=C(Nc1ccc2cc(-c3ccc(I)c(NC(=O)Nc4ccc5[nH]ccc5c4)c3)[nH]c2c1)Nc1cc(-c2cc(NC(=O)Nc3ccc([N+](=O)[O-])cc3)c3cc[nH]c3c2)ccc1I. The fraction of sp³-hybridized carbons (Fsp3) is 0. The lowest BCUT2D eigenvalue weighted by Gasteiger charge is -2.13. The van der Waals surface area contributed by atoms with Gasteiger partial charge in [-0.2, -0.15) is 0 Å². The third kappa shape index (κ3) is 8.74. The molecule has 9 N–H and O–H groups in total. The zero-order chi connectivity index (χ0) is 42.9. The summed E-state index contributed by atoms with van der Waals surface area (Å²) in [4.78, 5) is 59.7. The predicted octanol–water partition coefficient (Wildman–Crippen LogP) is 12.5. The smallest absolute Gasteiger partial charge is 0.323 e. The summed E-state index contributed by atoms with van der Waals surface area (Å²) in [5.41, 5.74) is 9.22. The Labute approximate surface area is 378 Å². The molecular weight excluding hydrogens is 1010 g/mol. The summed E-state index contributed by atoms with van der Waals surface area (Å²) in [5, 5.41) is 31.1. The van der Waals surface area contributed by atoms with E-state index in [4.69, 9.17) is 0 Å². The van der Waals surface area contributed by atoms with E-state index in [1.54, 1.807) is 6.20 Å². The van der Waals surface area contributed by atoms with Gasteiger partial charge in [-0.15, -0.1) is 0 Å². The van der Waals surface area contributed by atoms with Crippen molar-refractivity contribution in [2.45, 2.75) is 0 Å². The number of hydrogen-bond donors (Lipinski definition) is 9. The van der Waals surface area contributed by atoms with Crippen molar-refractivity contribution in [3.8, 4) is 22.4 Å². The molecule has 0 unspecified atom stereocenters. The van der Waals surface area contributed by atoms with Gasteiger partial charge in [0, 0.05) is 92.7 Å². The van der Waals surface area contributed by atoms with E-state index in [1.165, 1.54) is 24.3 Å². The molecule has 6 aromatic carbocycles. The Morgan fingerprint density at radius 1 is 0.484 bits per heavy atom. The van der Waals surface area contributed by atoms with Crippen LogP contribution >= 0.6 is 45.2 Å². The van der Waals surface area contributed by atoms with Crippen molar-refractivity contribution in [2.24, 2.45) is 0 Å². The number of nitrogens with one attached hydrogen (secondary N) is 9. The van der Waals surface area contributed by atoms with Gasteiger partial charge in [0.2, 0.25) is 0 Å². The van der Waals surface area contributed by atoms with Gasteiger partial charge in [0.05, 0.1) is 22.0 Å². The van der Waals surface area contributed by atoms with E-state index in [1.807, 2.05) is 109 Å². The standard InChI is InChI=1S/C45H32I2N10O5/c46-34-10-2-24(28-21-39-33(14-16-49-39)40(22-28)54-43(58)50-29-5-8-32(9-6-29)57(61)62)18-41(34)55-45(60)52-31-4-1-25-19-37(53-38(25)23-31)26-3-11-35(47)42(20-26)56-44(59)51-30-7-12-36-27(17-30)13-15-48-36/h1-23,48-49,53H,(H2,50,54,58)(H2,51,56,59)(H2,52,55,60). The van der Waals surface area contributed by atoms with Gasteiger partial charge in [0.25, 0.3) is 5.69 Å². The molecule has 0 spiro atoms. The van der Waals surface area contributed by atoms with Crippen LogP contribution in [-0.4, -0.2) is 38.0 Å². The summed E-state index contributed by atoms with van der Waals surface area (Å²) in [6.45, 7) is 0. The Morgan fingerprint density at radius 3 is 1.77 bits per heavy atom. The number of nitro groups is 1. The van der Waals surface area contributed by atoms with Gasteiger partial charge in [0.1, 0.15) is 0 Å². The van der Waals surface area contributed by atoms with Crippen molar-refractivity contribution in [1.29, 1.82) is 0 Å². The molecule has 0 aliphatic carbocycles. The molecule has 62 heavy (non-hydrogen) atoms. The van der Waals surface area contributed by atoms with Crippen molar-refractivity contribution in [2.75, 3.05) is 31.9 Å². The van der Waals surface area contributed by atoms with Crippen LogP contribution in [0.25, 0.3) is 55.1 Å². The maximum absolute atomic E-state index is 13.4. The van der Waals surface area contributed by atoms with Gasteiger partial charge in [-0.1, -0.05) is 18.2 Å². The zero-order valence-corrected chi connectivity index (χ0v) is 36.3. The van der Waals surface area contributed by atoms with Crippen molar-refractivity contribution in [3.63, 3.8) is 0 Å². The molecule has 3 aromatic heterocycles. The minimum Gasteiger partial charge on any atom is -0.361 e. The average molecular weight is 1050 g/mol. The topological polar surface area (TPSA) is 214 Å². The fourth-order valence-corrected chi connectivity index (χ4v) is 7.98. The molecule has 6 amide bonds. The number of hydrogen-bond acceptors (Lipinski definition) is 5. The number of carbonyl (C=O) groups excluding carboxylic acids is 3. The van der Waals surface area contributed by atoms with Crippen molar-refractivity contribution >= 4 is 136 Å². The first-order valence-corrected chi connectivity index (χ1v) is 21.1. The molecular formula is C45H32I2N10O5. The quantitative estimate of drug-likeness (QED) is 0.0391.